The molecule has 0 aliphatic heterocycles. The molecule has 0 bridgehead atoms. The smallest absolute Gasteiger partial charge is 0.243 e. The topological polar surface area (TPSA) is 57.7 Å². The standard InChI is InChI=1S/C16H26N2O3S/c1-6-17(7-2)16(19)12-18(8-3)22(20,21)15-11-13(4)9-10-14(15)5/h9-11H,6-8,12H2,1-5H3. The van der Waals surface area contributed by atoms with Gasteiger partial charge in [0.15, 0.2) is 0 Å². The number of aryl methyl sites for hydroxylation is 2. The van der Waals surface area contributed by atoms with Crippen LogP contribution in [-0.4, -0.2) is 49.7 Å². The number of carbonyl (C=O) groups is 1. The third kappa shape index (κ3) is 4.08. The fourth-order valence-corrected chi connectivity index (χ4v) is 4.03. The minimum Gasteiger partial charge on any atom is -0.342 e. The van der Waals surface area contributed by atoms with Crippen molar-refractivity contribution in [1.29, 1.82) is 0 Å². The summed E-state index contributed by atoms with van der Waals surface area (Å²) in [6.07, 6.45) is 0. The lowest BCUT2D eigenvalue weighted by molar-refractivity contribution is -0.131. The third-order valence-corrected chi connectivity index (χ3v) is 5.80. The van der Waals surface area contributed by atoms with Gasteiger partial charge in [0.25, 0.3) is 0 Å². The monoisotopic (exact) mass is 326 g/mol. The average molecular weight is 326 g/mol. The summed E-state index contributed by atoms with van der Waals surface area (Å²) in [6, 6.07) is 5.34. The van der Waals surface area contributed by atoms with E-state index in [1.54, 1.807) is 30.9 Å². The van der Waals surface area contributed by atoms with Crippen molar-refractivity contribution in [3.63, 3.8) is 0 Å². The van der Waals surface area contributed by atoms with Crippen LogP contribution in [0, 0.1) is 13.8 Å². The fourth-order valence-electron chi connectivity index (χ4n) is 2.32. The Kier molecular flexibility index (Phi) is 6.56. The van der Waals surface area contributed by atoms with Crippen molar-refractivity contribution in [3.8, 4) is 0 Å². The van der Waals surface area contributed by atoms with Crippen LogP contribution in [0.25, 0.3) is 0 Å². The minimum atomic E-state index is -3.66. The molecule has 0 fully saturated rings. The number of carbonyl (C=O) groups excluding carboxylic acids is 1. The highest BCUT2D eigenvalue weighted by Gasteiger charge is 2.27. The van der Waals surface area contributed by atoms with E-state index < -0.39 is 10.0 Å². The minimum absolute atomic E-state index is 0.117. The Morgan fingerprint density at radius 1 is 1.05 bits per heavy atom. The van der Waals surface area contributed by atoms with Crippen molar-refractivity contribution in [2.75, 3.05) is 26.2 Å². The van der Waals surface area contributed by atoms with Crippen LogP contribution in [0.4, 0.5) is 0 Å². The zero-order valence-electron chi connectivity index (χ0n) is 14.1. The SMILES string of the molecule is CCN(CC)C(=O)CN(CC)S(=O)(=O)c1cc(C)ccc1C. The molecule has 1 aromatic carbocycles. The lowest BCUT2D eigenvalue weighted by Gasteiger charge is -2.25. The van der Waals surface area contributed by atoms with Gasteiger partial charge in [-0.15, -0.1) is 0 Å². The van der Waals surface area contributed by atoms with E-state index in [1.807, 2.05) is 26.8 Å². The summed E-state index contributed by atoms with van der Waals surface area (Å²) in [7, 11) is -3.66. The molecule has 0 spiro atoms. The summed E-state index contributed by atoms with van der Waals surface area (Å²) in [4.78, 5) is 14.1. The van der Waals surface area contributed by atoms with Gasteiger partial charge >= 0.3 is 0 Å². The van der Waals surface area contributed by atoms with Gasteiger partial charge < -0.3 is 4.90 Å². The molecule has 6 heteroatoms. The normalized spacial score (nSPS) is 11.7. The van der Waals surface area contributed by atoms with Crippen molar-refractivity contribution in [3.05, 3.63) is 29.3 Å². The van der Waals surface area contributed by atoms with Crippen LogP contribution in [0.15, 0.2) is 23.1 Å². The quantitative estimate of drug-likeness (QED) is 0.772. The summed E-state index contributed by atoms with van der Waals surface area (Å²) in [5.74, 6) is -0.166. The average Bonchev–Trinajstić information content (AvgIpc) is 2.48. The maximum atomic E-state index is 12.8. The zero-order chi connectivity index (χ0) is 16.9. The molecule has 0 aromatic heterocycles. The Balaban J connectivity index is 3.12. The molecule has 0 radical (unpaired) electrons. The summed E-state index contributed by atoms with van der Waals surface area (Å²) in [5, 5.41) is 0. The van der Waals surface area contributed by atoms with Crippen LogP contribution < -0.4 is 0 Å². The number of rotatable bonds is 7. The number of sulfonamides is 1. The first-order chi connectivity index (χ1) is 10.3. The summed E-state index contributed by atoms with van der Waals surface area (Å²) < 4.78 is 26.9. The van der Waals surface area contributed by atoms with Crippen molar-refractivity contribution in [2.45, 2.75) is 39.5 Å². The van der Waals surface area contributed by atoms with Crippen LogP contribution in [0.1, 0.15) is 31.9 Å². The first-order valence-corrected chi connectivity index (χ1v) is 9.07. The number of hydrogen-bond acceptors (Lipinski definition) is 3. The molecule has 5 nitrogen and oxygen atoms in total. The summed E-state index contributed by atoms with van der Waals surface area (Å²) >= 11 is 0. The van der Waals surface area contributed by atoms with Crippen LogP contribution in [0.5, 0.6) is 0 Å². The van der Waals surface area contributed by atoms with Gasteiger partial charge in [0.05, 0.1) is 11.4 Å². The van der Waals surface area contributed by atoms with Crippen LogP contribution in [0.2, 0.25) is 0 Å². The molecule has 1 amide bonds. The molecule has 0 N–H and O–H groups in total. The number of benzene rings is 1. The summed E-state index contributed by atoms with van der Waals surface area (Å²) in [5.41, 5.74) is 1.58. The molecule has 124 valence electrons. The molecule has 0 atom stereocenters. The van der Waals surface area contributed by atoms with Crippen LogP contribution in [-0.2, 0) is 14.8 Å². The molecule has 0 aliphatic carbocycles. The first-order valence-electron chi connectivity index (χ1n) is 7.63. The van der Waals surface area contributed by atoms with Crippen molar-refractivity contribution < 1.29 is 13.2 Å². The fraction of sp³-hybridized carbons (Fsp3) is 0.562. The third-order valence-electron chi connectivity index (χ3n) is 3.74. The number of amides is 1. The lowest BCUT2D eigenvalue weighted by atomic mass is 10.2. The van der Waals surface area contributed by atoms with Gasteiger partial charge in [0.2, 0.25) is 15.9 Å². The molecule has 0 heterocycles. The van der Waals surface area contributed by atoms with E-state index in [0.717, 1.165) is 5.56 Å². The maximum absolute atomic E-state index is 12.8. The van der Waals surface area contributed by atoms with Gasteiger partial charge in [-0.05, 0) is 44.9 Å². The molecule has 22 heavy (non-hydrogen) atoms. The van der Waals surface area contributed by atoms with Gasteiger partial charge in [0.1, 0.15) is 0 Å². The Morgan fingerprint density at radius 3 is 2.14 bits per heavy atom. The molecular formula is C16H26N2O3S. The van der Waals surface area contributed by atoms with Crippen molar-refractivity contribution in [2.24, 2.45) is 0 Å². The Hall–Kier alpha value is -1.40. The highest BCUT2D eigenvalue weighted by molar-refractivity contribution is 7.89. The lowest BCUT2D eigenvalue weighted by Crippen LogP contribution is -2.42. The second kappa shape index (κ2) is 7.74. The van der Waals surface area contributed by atoms with E-state index >= 15 is 0 Å². The predicted molar refractivity (Wildman–Crippen MR) is 88.3 cm³/mol. The first kappa shape index (κ1) is 18.6. The van der Waals surface area contributed by atoms with E-state index in [2.05, 4.69) is 0 Å². The van der Waals surface area contributed by atoms with Gasteiger partial charge in [-0.25, -0.2) is 8.42 Å². The molecule has 0 saturated carbocycles. The largest absolute Gasteiger partial charge is 0.342 e. The van der Waals surface area contributed by atoms with Gasteiger partial charge in [-0.3, -0.25) is 4.79 Å². The number of likely N-dealkylation sites (N-methyl/N-ethyl adjacent to an activating group) is 2. The van der Waals surface area contributed by atoms with Crippen molar-refractivity contribution in [1.82, 2.24) is 9.21 Å². The van der Waals surface area contributed by atoms with Crippen LogP contribution in [0.3, 0.4) is 0 Å². The summed E-state index contributed by atoms with van der Waals surface area (Å²) in [6.45, 7) is 10.5. The highest BCUT2D eigenvalue weighted by atomic mass is 32.2. The van der Waals surface area contributed by atoms with E-state index in [9.17, 15) is 13.2 Å². The molecule has 0 unspecified atom stereocenters. The number of nitrogens with zero attached hydrogens (tertiary/aromatic N) is 2. The van der Waals surface area contributed by atoms with E-state index in [4.69, 9.17) is 0 Å². The molecule has 1 rings (SSSR count). The van der Waals surface area contributed by atoms with Crippen molar-refractivity contribution >= 4 is 15.9 Å². The second-order valence-electron chi connectivity index (χ2n) is 5.27. The van der Waals surface area contributed by atoms with Gasteiger partial charge in [-0.2, -0.15) is 4.31 Å². The number of hydrogen-bond donors (Lipinski definition) is 0. The zero-order valence-corrected chi connectivity index (χ0v) is 14.9. The Bertz CT molecular complexity index is 622. The molecule has 0 aliphatic rings. The second-order valence-corrected chi connectivity index (χ2v) is 7.17. The van der Waals surface area contributed by atoms with Gasteiger partial charge in [0, 0.05) is 19.6 Å². The van der Waals surface area contributed by atoms with Crippen LogP contribution >= 0.6 is 0 Å². The molecular weight excluding hydrogens is 300 g/mol. The maximum Gasteiger partial charge on any atom is 0.243 e. The van der Waals surface area contributed by atoms with E-state index in [1.165, 1.54) is 4.31 Å². The molecule has 1 aromatic rings. The Labute approximate surface area is 134 Å². The molecule has 0 saturated heterocycles. The Morgan fingerprint density at radius 2 is 1.64 bits per heavy atom. The van der Waals surface area contributed by atoms with Gasteiger partial charge in [-0.1, -0.05) is 19.1 Å². The van der Waals surface area contributed by atoms with E-state index in [-0.39, 0.29) is 23.9 Å². The van der Waals surface area contributed by atoms with E-state index in [0.29, 0.717) is 18.7 Å². The predicted octanol–water partition coefficient (Wildman–Crippen LogP) is 2.18. The highest BCUT2D eigenvalue weighted by Crippen LogP contribution is 2.21.